The van der Waals surface area contributed by atoms with E-state index < -0.39 is 5.97 Å². The number of carboxylic acid groups (broad SMARTS) is 1. The molecular weight excluding hydrogens is 320 g/mol. The summed E-state index contributed by atoms with van der Waals surface area (Å²) in [6.07, 6.45) is 7.59. The quantitative estimate of drug-likeness (QED) is 0.901. The van der Waals surface area contributed by atoms with Crippen molar-refractivity contribution in [3.63, 3.8) is 0 Å². The molecule has 0 atom stereocenters. The Morgan fingerprint density at radius 2 is 2.10 bits per heavy atom. The minimum atomic E-state index is -0.928. The Labute approximate surface area is 128 Å². The molecule has 0 bridgehead atoms. The second-order valence-electron chi connectivity index (χ2n) is 5.52. The van der Waals surface area contributed by atoms with Gasteiger partial charge in [-0.15, -0.1) is 0 Å². The van der Waals surface area contributed by atoms with Crippen molar-refractivity contribution in [2.24, 2.45) is 5.92 Å². The minimum Gasteiger partial charge on any atom is -0.478 e. The molecule has 0 aromatic carbocycles. The van der Waals surface area contributed by atoms with Gasteiger partial charge in [0.05, 0.1) is 0 Å². The van der Waals surface area contributed by atoms with Gasteiger partial charge in [0.1, 0.15) is 11.4 Å². The third-order valence-electron chi connectivity index (χ3n) is 4.34. The van der Waals surface area contributed by atoms with Crippen molar-refractivity contribution >= 4 is 27.7 Å². The number of aromatic nitrogens is 1. The smallest absolute Gasteiger partial charge is 0.339 e. The van der Waals surface area contributed by atoms with Crippen LogP contribution in [-0.2, 0) is 0 Å². The standard InChI is InChI=1S/C15H21BrN2O2/c1-3-10-4-6-12(7-5-10)18(2)14-13(15(19)20)8-11(16)9-17-14/h8-10,12H,3-7H2,1-2H3,(H,19,20). The fraction of sp³-hybridized carbons (Fsp3) is 0.600. The molecule has 5 heteroatoms. The Hall–Kier alpha value is -1.10. The molecule has 2 rings (SSSR count). The van der Waals surface area contributed by atoms with E-state index in [9.17, 15) is 9.90 Å². The number of hydrogen-bond donors (Lipinski definition) is 1. The highest BCUT2D eigenvalue weighted by molar-refractivity contribution is 9.10. The first-order chi connectivity index (χ1) is 9.52. The summed E-state index contributed by atoms with van der Waals surface area (Å²) in [5.74, 6) is 0.472. The van der Waals surface area contributed by atoms with E-state index in [1.807, 2.05) is 11.9 Å². The first-order valence-electron chi connectivity index (χ1n) is 7.14. The number of rotatable bonds is 4. The number of halogens is 1. The van der Waals surface area contributed by atoms with E-state index in [1.165, 1.54) is 19.3 Å². The molecule has 1 aromatic heterocycles. The van der Waals surface area contributed by atoms with Gasteiger partial charge in [0.2, 0.25) is 0 Å². The first-order valence-corrected chi connectivity index (χ1v) is 7.93. The van der Waals surface area contributed by atoms with Crippen molar-refractivity contribution in [1.29, 1.82) is 0 Å². The lowest BCUT2D eigenvalue weighted by atomic mass is 9.84. The SMILES string of the molecule is CCC1CCC(N(C)c2ncc(Br)cc2C(=O)O)CC1. The topological polar surface area (TPSA) is 53.4 Å². The molecular formula is C15H21BrN2O2. The van der Waals surface area contributed by atoms with Gasteiger partial charge >= 0.3 is 5.97 Å². The summed E-state index contributed by atoms with van der Waals surface area (Å²) in [5, 5.41) is 9.33. The zero-order valence-electron chi connectivity index (χ0n) is 12.0. The van der Waals surface area contributed by atoms with Crippen LogP contribution in [-0.4, -0.2) is 29.1 Å². The van der Waals surface area contributed by atoms with Gasteiger partial charge in [-0.2, -0.15) is 0 Å². The molecule has 1 N–H and O–H groups in total. The third-order valence-corrected chi connectivity index (χ3v) is 4.77. The minimum absolute atomic E-state index is 0.263. The number of hydrogen-bond acceptors (Lipinski definition) is 3. The first kappa shape index (κ1) is 15.3. The maximum Gasteiger partial charge on any atom is 0.339 e. The average molecular weight is 341 g/mol. The van der Waals surface area contributed by atoms with E-state index in [4.69, 9.17) is 0 Å². The van der Waals surface area contributed by atoms with Gasteiger partial charge in [0.15, 0.2) is 0 Å². The summed E-state index contributed by atoms with van der Waals surface area (Å²) >= 11 is 3.28. The van der Waals surface area contributed by atoms with Crippen LogP contribution in [0.5, 0.6) is 0 Å². The van der Waals surface area contributed by atoms with Crippen molar-refractivity contribution in [3.8, 4) is 0 Å². The van der Waals surface area contributed by atoms with Crippen LogP contribution < -0.4 is 4.90 Å². The maximum atomic E-state index is 11.4. The molecule has 20 heavy (non-hydrogen) atoms. The van der Waals surface area contributed by atoms with Crippen molar-refractivity contribution in [2.45, 2.75) is 45.1 Å². The Balaban J connectivity index is 2.17. The number of anilines is 1. The fourth-order valence-electron chi connectivity index (χ4n) is 2.98. The van der Waals surface area contributed by atoms with Crippen LogP contribution >= 0.6 is 15.9 Å². The van der Waals surface area contributed by atoms with Crippen molar-refractivity contribution in [3.05, 3.63) is 22.3 Å². The van der Waals surface area contributed by atoms with Crippen LogP contribution in [0.15, 0.2) is 16.7 Å². The van der Waals surface area contributed by atoms with Crippen molar-refractivity contribution in [2.75, 3.05) is 11.9 Å². The summed E-state index contributed by atoms with van der Waals surface area (Å²) in [6, 6.07) is 2.02. The van der Waals surface area contributed by atoms with E-state index in [1.54, 1.807) is 12.3 Å². The normalized spacial score (nSPS) is 22.6. The lowest BCUT2D eigenvalue weighted by molar-refractivity contribution is 0.0697. The Morgan fingerprint density at radius 1 is 1.45 bits per heavy atom. The Morgan fingerprint density at radius 3 is 2.65 bits per heavy atom. The second-order valence-corrected chi connectivity index (χ2v) is 6.44. The van der Waals surface area contributed by atoms with E-state index in [0.29, 0.717) is 16.3 Å². The zero-order valence-corrected chi connectivity index (χ0v) is 13.6. The molecule has 1 fully saturated rings. The highest BCUT2D eigenvalue weighted by Crippen LogP contribution is 2.32. The van der Waals surface area contributed by atoms with E-state index >= 15 is 0 Å². The predicted molar refractivity (Wildman–Crippen MR) is 83.3 cm³/mol. The van der Waals surface area contributed by atoms with Crippen LogP contribution in [0.25, 0.3) is 0 Å². The molecule has 0 radical (unpaired) electrons. The molecule has 1 saturated carbocycles. The molecule has 0 unspecified atom stereocenters. The maximum absolute atomic E-state index is 11.4. The fourth-order valence-corrected chi connectivity index (χ4v) is 3.32. The number of pyridine rings is 1. The zero-order chi connectivity index (χ0) is 14.7. The average Bonchev–Trinajstić information content (AvgIpc) is 2.46. The van der Waals surface area contributed by atoms with Crippen LogP contribution in [0, 0.1) is 5.92 Å². The molecule has 110 valence electrons. The number of nitrogens with zero attached hydrogens (tertiary/aromatic N) is 2. The summed E-state index contributed by atoms with van der Waals surface area (Å²) in [5.41, 5.74) is 0.263. The largest absolute Gasteiger partial charge is 0.478 e. The highest BCUT2D eigenvalue weighted by atomic mass is 79.9. The molecule has 1 heterocycles. The van der Waals surface area contributed by atoms with Crippen molar-refractivity contribution in [1.82, 2.24) is 4.98 Å². The number of aromatic carboxylic acids is 1. The van der Waals surface area contributed by atoms with Gasteiger partial charge in [0, 0.05) is 23.8 Å². The number of carboxylic acids is 1. The highest BCUT2D eigenvalue weighted by Gasteiger charge is 2.26. The monoisotopic (exact) mass is 340 g/mol. The van der Waals surface area contributed by atoms with Crippen LogP contribution in [0.3, 0.4) is 0 Å². The summed E-state index contributed by atoms with van der Waals surface area (Å²) in [6.45, 7) is 2.24. The molecule has 1 aliphatic rings. The Kier molecular flexibility index (Phi) is 5.02. The van der Waals surface area contributed by atoms with Gasteiger partial charge < -0.3 is 10.0 Å². The van der Waals surface area contributed by atoms with Gasteiger partial charge in [0.25, 0.3) is 0 Å². The summed E-state index contributed by atoms with van der Waals surface area (Å²) in [7, 11) is 1.96. The van der Waals surface area contributed by atoms with Gasteiger partial charge in [-0.05, 0) is 53.6 Å². The van der Waals surface area contributed by atoms with E-state index in [2.05, 4.69) is 27.8 Å². The van der Waals surface area contributed by atoms with Crippen molar-refractivity contribution < 1.29 is 9.90 Å². The van der Waals surface area contributed by atoms with E-state index in [0.717, 1.165) is 18.8 Å². The van der Waals surface area contributed by atoms with Crippen LogP contribution in [0.2, 0.25) is 0 Å². The molecule has 0 aliphatic heterocycles. The van der Waals surface area contributed by atoms with E-state index in [-0.39, 0.29) is 5.56 Å². The van der Waals surface area contributed by atoms with Crippen LogP contribution in [0.1, 0.15) is 49.4 Å². The molecule has 0 saturated heterocycles. The Bertz CT molecular complexity index is 485. The molecule has 1 aliphatic carbocycles. The second kappa shape index (κ2) is 6.57. The predicted octanol–water partition coefficient (Wildman–Crippen LogP) is 3.95. The molecule has 0 spiro atoms. The summed E-state index contributed by atoms with van der Waals surface area (Å²) < 4.78 is 0.696. The number of carbonyl (C=O) groups is 1. The molecule has 0 amide bonds. The third kappa shape index (κ3) is 3.32. The lowest BCUT2D eigenvalue weighted by Crippen LogP contribution is -2.36. The summed E-state index contributed by atoms with van der Waals surface area (Å²) in [4.78, 5) is 17.7. The molecule has 4 nitrogen and oxygen atoms in total. The molecule has 1 aromatic rings. The van der Waals surface area contributed by atoms with Gasteiger partial charge in [-0.25, -0.2) is 9.78 Å². The van der Waals surface area contributed by atoms with Crippen LogP contribution in [0.4, 0.5) is 5.82 Å². The van der Waals surface area contributed by atoms with Gasteiger partial charge in [-0.1, -0.05) is 13.3 Å². The lowest BCUT2D eigenvalue weighted by Gasteiger charge is -2.35. The van der Waals surface area contributed by atoms with Gasteiger partial charge in [-0.3, -0.25) is 0 Å².